The molecule has 6 heteroatoms. The van der Waals surface area contributed by atoms with E-state index in [1.165, 1.54) is 6.08 Å². The summed E-state index contributed by atoms with van der Waals surface area (Å²) in [6.45, 7) is 6.53. The zero-order valence-corrected chi connectivity index (χ0v) is 10.9. The Hall–Kier alpha value is -2.33. The molecule has 0 aliphatic heterocycles. The SMILES string of the molecule is C=C=CCOC(=O)C=C(C(=O)OCC)C(=O)OCC. The molecule has 0 atom stereocenters. The van der Waals surface area contributed by atoms with Crippen molar-refractivity contribution in [3.8, 4) is 0 Å². The van der Waals surface area contributed by atoms with Crippen molar-refractivity contribution in [2.75, 3.05) is 19.8 Å². The lowest BCUT2D eigenvalue weighted by atomic mass is 10.2. The molecule has 0 aromatic rings. The first-order chi connectivity index (χ1) is 9.06. The molecule has 0 aliphatic rings. The lowest BCUT2D eigenvalue weighted by Crippen LogP contribution is -2.20. The van der Waals surface area contributed by atoms with Gasteiger partial charge in [-0.2, -0.15) is 0 Å². The lowest BCUT2D eigenvalue weighted by Gasteiger charge is -2.06. The van der Waals surface area contributed by atoms with Gasteiger partial charge in [0.2, 0.25) is 0 Å². The molecule has 0 fully saturated rings. The normalized spacial score (nSPS) is 8.74. The third-order valence-corrected chi connectivity index (χ3v) is 1.71. The highest BCUT2D eigenvalue weighted by atomic mass is 16.6. The quantitative estimate of drug-likeness (QED) is 0.171. The smallest absolute Gasteiger partial charge is 0.345 e. The van der Waals surface area contributed by atoms with Crippen LogP contribution in [-0.2, 0) is 28.6 Å². The Kier molecular flexibility index (Phi) is 8.49. The van der Waals surface area contributed by atoms with Crippen LogP contribution in [0.4, 0.5) is 0 Å². The molecule has 0 unspecified atom stereocenters. The highest BCUT2D eigenvalue weighted by Gasteiger charge is 2.22. The van der Waals surface area contributed by atoms with Gasteiger partial charge in [0.25, 0.3) is 0 Å². The van der Waals surface area contributed by atoms with Crippen LogP contribution in [0.3, 0.4) is 0 Å². The second-order valence-corrected chi connectivity index (χ2v) is 3.04. The Morgan fingerprint density at radius 3 is 2.00 bits per heavy atom. The zero-order chi connectivity index (χ0) is 14.7. The summed E-state index contributed by atoms with van der Waals surface area (Å²) < 4.78 is 14.0. The van der Waals surface area contributed by atoms with Crippen LogP contribution in [0, 0.1) is 0 Å². The summed E-state index contributed by atoms with van der Waals surface area (Å²) in [5.41, 5.74) is 1.90. The summed E-state index contributed by atoms with van der Waals surface area (Å²) in [5, 5.41) is 0. The minimum absolute atomic E-state index is 0.0578. The van der Waals surface area contributed by atoms with Crippen molar-refractivity contribution < 1.29 is 28.6 Å². The Bertz CT molecular complexity index is 395. The first-order valence-electron chi connectivity index (χ1n) is 5.63. The molecule has 0 bridgehead atoms. The number of esters is 3. The predicted octanol–water partition coefficient (Wildman–Crippen LogP) is 0.923. The number of rotatable bonds is 7. The number of carbonyl (C=O) groups is 3. The van der Waals surface area contributed by atoms with Gasteiger partial charge >= 0.3 is 17.9 Å². The van der Waals surface area contributed by atoms with E-state index in [4.69, 9.17) is 0 Å². The number of hydrogen-bond acceptors (Lipinski definition) is 6. The lowest BCUT2D eigenvalue weighted by molar-refractivity contribution is -0.148. The monoisotopic (exact) mass is 268 g/mol. The van der Waals surface area contributed by atoms with Crippen molar-refractivity contribution in [3.63, 3.8) is 0 Å². The van der Waals surface area contributed by atoms with Gasteiger partial charge in [-0.3, -0.25) is 0 Å². The molecule has 0 aromatic heterocycles. The zero-order valence-electron chi connectivity index (χ0n) is 10.9. The maximum atomic E-state index is 11.5. The molecule has 6 nitrogen and oxygen atoms in total. The molecule has 0 heterocycles. The molecule has 0 rings (SSSR count). The van der Waals surface area contributed by atoms with Crippen molar-refractivity contribution in [2.45, 2.75) is 13.8 Å². The molecule has 0 saturated heterocycles. The Labute approximate surface area is 111 Å². The van der Waals surface area contributed by atoms with Gasteiger partial charge in [0, 0.05) is 6.08 Å². The molecule has 0 radical (unpaired) electrons. The molecule has 0 aliphatic carbocycles. The van der Waals surface area contributed by atoms with Crippen molar-refractivity contribution in [2.24, 2.45) is 0 Å². The largest absolute Gasteiger partial charge is 0.462 e. The van der Waals surface area contributed by atoms with E-state index >= 15 is 0 Å². The van der Waals surface area contributed by atoms with Crippen LogP contribution >= 0.6 is 0 Å². The predicted molar refractivity (Wildman–Crippen MR) is 66.0 cm³/mol. The third-order valence-electron chi connectivity index (χ3n) is 1.71. The van der Waals surface area contributed by atoms with E-state index in [-0.39, 0.29) is 19.8 Å². The van der Waals surface area contributed by atoms with Crippen molar-refractivity contribution in [1.82, 2.24) is 0 Å². The third kappa shape index (κ3) is 6.85. The van der Waals surface area contributed by atoms with E-state index in [1.807, 2.05) is 0 Å². The molecular formula is C13H16O6. The summed E-state index contributed by atoms with van der Waals surface area (Å²) in [6, 6.07) is 0. The maximum absolute atomic E-state index is 11.5. The summed E-state index contributed by atoms with van der Waals surface area (Å²) in [7, 11) is 0. The fraction of sp³-hybridized carbons (Fsp3) is 0.385. The van der Waals surface area contributed by atoms with Crippen molar-refractivity contribution in [1.29, 1.82) is 0 Å². The van der Waals surface area contributed by atoms with Gasteiger partial charge in [-0.05, 0) is 19.9 Å². The fourth-order valence-electron chi connectivity index (χ4n) is 0.961. The van der Waals surface area contributed by atoms with E-state index in [1.54, 1.807) is 13.8 Å². The molecular weight excluding hydrogens is 252 g/mol. The summed E-state index contributed by atoms with van der Waals surface area (Å²) in [4.78, 5) is 34.4. The first-order valence-corrected chi connectivity index (χ1v) is 5.63. The number of ether oxygens (including phenoxy) is 3. The Balaban J connectivity index is 4.89. The van der Waals surface area contributed by atoms with Crippen LogP contribution < -0.4 is 0 Å². The fourth-order valence-corrected chi connectivity index (χ4v) is 0.961. The second-order valence-electron chi connectivity index (χ2n) is 3.04. The second kappa shape index (κ2) is 9.67. The number of hydrogen-bond donors (Lipinski definition) is 0. The Morgan fingerprint density at radius 2 is 1.58 bits per heavy atom. The molecule has 0 N–H and O–H groups in total. The van der Waals surface area contributed by atoms with E-state index in [2.05, 4.69) is 26.5 Å². The minimum atomic E-state index is -0.933. The van der Waals surface area contributed by atoms with Crippen LogP contribution in [0.2, 0.25) is 0 Å². The van der Waals surface area contributed by atoms with Gasteiger partial charge in [0.1, 0.15) is 6.61 Å². The van der Waals surface area contributed by atoms with Crippen molar-refractivity contribution >= 4 is 17.9 Å². The summed E-state index contributed by atoms with van der Waals surface area (Å²) >= 11 is 0. The standard InChI is InChI=1S/C13H16O6/c1-4-7-8-19-11(14)9-10(12(15)17-5-2)13(16)18-6-3/h7,9H,1,5-6,8H2,2-3H3. The highest BCUT2D eigenvalue weighted by Crippen LogP contribution is 2.03. The van der Waals surface area contributed by atoms with E-state index in [0.29, 0.717) is 0 Å². The van der Waals surface area contributed by atoms with Gasteiger partial charge in [-0.25, -0.2) is 14.4 Å². The highest BCUT2D eigenvalue weighted by molar-refractivity contribution is 6.17. The van der Waals surface area contributed by atoms with Gasteiger partial charge in [-0.15, -0.1) is 5.73 Å². The van der Waals surface area contributed by atoms with Gasteiger partial charge in [0.05, 0.1) is 13.2 Å². The average Bonchev–Trinajstić information content (AvgIpc) is 2.36. The molecule has 0 aromatic carbocycles. The molecule has 0 saturated carbocycles. The van der Waals surface area contributed by atoms with Crippen LogP contribution in [0.25, 0.3) is 0 Å². The summed E-state index contributed by atoms with van der Waals surface area (Å²) in [6.07, 6.45) is 2.12. The minimum Gasteiger partial charge on any atom is -0.462 e. The van der Waals surface area contributed by atoms with E-state index < -0.39 is 23.5 Å². The number of carbonyl (C=O) groups excluding carboxylic acids is 3. The average molecular weight is 268 g/mol. The van der Waals surface area contributed by atoms with Gasteiger partial charge < -0.3 is 14.2 Å². The van der Waals surface area contributed by atoms with Crippen LogP contribution in [0.15, 0.2) is 30.0 Å². The molecule has 19 heavy (non-hydrogen) atoms. The summed E-state index contributed by atoms with van der Waals surface area (Å²) in [5.74, 6) is -2.73. The van der Waals surface area contributed by atoms with Crippen LogP contribution in [-0.4, -0.2) is 37.7 Å². The Morgan fingerprint density at radius 1 is 1.05 bits per heavy atom. The van der Waals surface area contributed by atoms with Crippen molar-refractivity contribution in [3.05, 3.63) is 30.0 Å². The van der Waals surface area contributed by atoms with E-state index in [0.717, 1.165) is 6.08 Å². The van der Waals surface area contributed by atoms with Gasteiger partial charge in [0.15, 0.2) is 5.57 Å². The molecule has 104 valence electrons. The maximum Gasteiger partial charge on any atom is 0.345 e. The molecule has 0 amide bonds. The van der Waals surface area contributed by atoms with Crippen LogP contribution in [0.5, 0.6) is 0 Å². The van der Waals surface area contributed by atoms with Crippen LogP contribution in [0.1, 0.15) is 13.8 Å². The van der Waals surface area contributed by atoms with Gasteiger partial charge in [-0.1, -0.05) is 6.58 Å². The molecule has 0 spiro atoms. The van der Waals surface area contributed by atoms with E-state index in [9.17, 15) is 14.4 Å². The first kappa shape index (κ1) is 16.7. The topological polar surface area (TPSA) is 78.9 Å².